The third kappa shape index (κ3) is 2.44. The number of ether oxygens (including phenoxy) is 1. The summed E-state index contributed by atoms with van der Waals surface area (Å²) in [5.41, 5.74) is 0.183. The first-order valence-electron chi connectivity index (χ1n) is 6.38. The fraction of sp³-hybridized carbons (Fsp3) is 0.917. The Morgan fingerprint density at radius 2 is 1.72 bits per heavy atom. The number of carbonyl (C=O) groups excluding carboxylic acids is 1. The minimum atomic E-state index is -4.87. The molecule has 18 heavy (non-hydrogen) atoms. The molecule has 0 aromatic carbocycles. The molecule has 0 aromatic rings. The van der Waals surface area contributed by atoms with Crippen molar-refractivity contribution in [1.82, 2.24) is 0 Å². The molecule has 0 radical (unpaired) electrons. The molecule has 0 amide bonds. The Bertz CT molecular complexity index is 348. The standard InChI is InChI=1S/C12H19F3O2Si/c1-18(2,3)10-8-5-4-7(6-8)9(10)17-11(16)12(13,14)15/h7-10H,4-6H2,1-3H3. The number of esters is 1. The summed E-state index contributed by atoms with van der Waals surface area (Å²) >= 11 is 0. The number of rotatable bonds is 2. The molecule has 0 aliphatic heterocycles. The zero-order valence-electron chi connectivity index (χ0n) is 10.9. The van der Waals surface area contributed by atoms with E-state index in [9.17, 15) is 18.0 Å². The summed E-state index contributed by atoms with van der Waals surface area (Å²) in [6.07, 6.45) is -2.44. The van der Waals surface area contributed by atoms with Crippen LogP contribution in [-0.2, 0) is 9.53 Å². The minimum absolute atomic E-state index is 0.151. The average Bonchev–Trinajstić information content (AvgIpc) is 2.73. The van der Waals surface area contributed by atoms with Gasteiger partial charge in [-0.05, 0) is 36.6 Å². The molecular formula is C12H19F3O2Si. The maximum absolute atomic E-state index is 12.3. The van der Waals surface area contributed by atoms with Gasteiger partial charge in [0, 0.05) is 0 Å². The van der Waals surface area contributed by atoms with Gasteiger partial charge in [0.1, 0.15) is 6.10 Å². The summed E-state index contributed by atoms with van der Waals surface area (Å²) in [6, 6.07) is 0. The van der Waals surface area contributed by atoms with Crippen molar-refractivity contribution in [3.63, 3.8) is 0 Å². The van der Waals surface area contributed by atoms with E-state index in [0.29, 0.717) is 5.92 Å². The first-order chi connectivity index (χ1) is 8.10. The third-order valence-electron chi connectivity index (χ3n) is 4.31. The fourth-order valence-corrected chi connectivity index (χ4v) is 6.84. The van der Waals surface area contributed by atoms with Crippen molar-refractivity contribution in [3.05, 3.63) is 0 Å². The first kappa shape index (κ1) is 13.9. The lowest BCUT2D eigenvalue weighted by molar-refractivity contribution is -0.206. The summed E-state index contributed by atoms with van der Waals surface area (Å²) in [4.78, 5) is 11.0. The van der Waals surface area contributed by atoms with Gasteiger partial charge in [0.25, 0.3) is 0 Å². The van der Waals surface area contributed by atoms with Crippen molar-refractivity contribution >= 4 is 14.0 Å². The number of hydrogen-bond donors (Lipinski definition) is 0. The lowest BCUT2D eigenvalue weighted by atomic mass is 9.97. The molecule has 6 heteroatoms. The van der Waals surface area contributed by atoms with Gasteiger partial charge in [-0.1, -0.05) is 19.6 Å². The smallest absolute Gasteiger partial charge is 0.455 e. The highest BCUT2D eigenvalue weighted by Gasteiger charge is 2.56. The van der Waals surface area contributed by atoms with Crippen LogP contribution in [0, 0.1) is 11.8 Å². The highest BCUT2D eigenvalue weighted by atomic mass is 28.3. The maximum atomic E-state index is 12.3. The van der Waals surface area contributed by atoms with E-state index < -0.39 is 26.3 Å². The molecule has 0 spiro atoms. The van der Waals surface area contributed by atoms with Gasteiger partial charge in [0.15, 0.2) is 0 Å². The predicted octanol–water partition coefficient (Wildman–Crippen LogP) is 3.60. The van der Waals surface area contributed by atoms with E-state index in [4.69, 9.17) is 4.74 Å². The SMILES string of the molecule is C[Si](C)(C)C1C2CCC(C2)C1OC(=O)C(F)(F)F. The molecule has 2 nitrogen and oxygen atoms in total. The molecule has 2 aliphatic rings. The third-order valence-corrected chi connectivity index (χ3v) is 7.11. The molecule has 2 aliphatic carbocycles. The van der Waals surface area contributed by atoms with Gasteiger partial charge < -0.3 is 4.74 Å². The second-order valence-electron chi connectivity index (χ2n) is 6.59. The first-order valence-corrected chi connectivity index (χ1v) is 9.96. The van der Waals surface area contributed by atoms with Gasteiger partial charge in [-0.15, -0.1) is 0 Å². The Labute approximate surface area is 106 Å². The summed E-state index contributed by atoms with van der Waals surface area (Å²) in [6.45, 7) is 6.44. The molecule has 2 bridgehead atoms. The van der Waals surface area contributed by atoms with E-state index in [1.807, 2.05) is 0 Å². The highest BCUT2D eigenvalue weighted by molar-refractivity contribution is 6.77. The van der Waals surface area contributed by atoms with Gasteiger partial charge in [-0.2, -0.15) is 13.2 Å². The number of alkyl halides is 3. The van der Waals surface area contributed by atoms with Crippen molar-refractivity contribution in [2.75, 3.05) is 0 Å². The van der Waals surface area contributed by atoms with Crippen LogP contribution < -0.4 is 0 Å². The lowest BCUT2D eigenvalue weighted by Gasteiger charge is -2.38. The van der Waals surface area contributed by atoms with E-state index in [1.54, 1.807) is 0 Å². The van der Waals surface area contributed by atoms with E-state index in [-0.39, 0.29) is 11.5 Å². The number of hydrogen-bond acceptors (Lipinski definition) is 2. The van der Waals surface area contributed by atoms with E-state index in [2.05, 4.69) is 19.6 Å². The Morgan fingerprint density at radius 3 is 2.22 bits per heavy atom. The fourth-order valence-electron chi connectivity index (χ4n) is 3.80. The topological polar surface area (TPSA) is 26.3 Å². The molecule has 0 heterocycles. The molecule has 0 N–H and O–H groups in total. The van der Waals surface area contributed by atoms with Gasteiger partial charge in [0.2, 0.25) is 0 Å². The Morgan fingerprint density at radius 1 is 1.17 bits per heavy atom. The number of halogens is 3. The van der Waals surface area contributed by atoms with E-state index >= 15 is 0 Å². The molecule has 104 valence electrons. The van der Waals surface area contributed by atoms with Crippen LogP contribution in [0.2, 0.25) is 25.2 Å². The quantitative estimate of drug-likeness (QED) is 0.570. The van der Waals surface area contributed by atoms with Crippen LogP contribution >= 0.6 is 0 Å². The van der Waals surface area contributed by atoms with Crippen molar-refractivity contribution < 1.29 is 22.7 Å². The molecule has 0 saturated heterocycles. The van der Waals surface area contributed by atoms with Crippen LogP contribution in [0.1, 0.15) is 19.3 Å². The van der Waals surface area contributed by atoms with Crippen LogP contribution in [-0.4, -0.2) is 26.3 Å². The Balaban J connectivity index is 2.13. The van der Waals surface area contributed by atoms with Gasteiger partial charge >= 0.3 is 12.1 Å². The molecular weight excluding hydrogens is 261 g/mol. The molecule has 2 rings (SSSR count). The molecule has 2 fully saturated rings. The van der Waals surface area contributed by atoms with Crippen molar-refractivity contribution in [1.29, 1.82) is 0 Å². The summed E-state index contributed by atoms with van der Waals surface area (Å²) in [7, 11) is -1.61. The Kier molecular flexibility index (Phi) is 3.28. The summed E-state index contributed by atoms with van der Waals surface area (Å²) < 4.78 is 41.7. The monoisotopic (exact) mass is 280 g/mol. The predicted molar refractivity (Wildman–Crippen MR) is 63.9 cm³/mol. The average molecular weight is 280 g/mol. The molecule has 4 atom stereocenters. The van der Waals surface area contributed by atoms with E-state index in [0.717, 1.165) is 19.3 Å². The number of carbonyl (C=O) groups is 1. The van der Waals surface area contributed by atoms with Crippen LogP contribution in [0.3, 0.4) is 0 Å². The second-order valence-corrected chi connectivity index (χ2v) is 12.0. The zero-order chi connectivity index (χ0) is 13.7. The highest BCUT2D eigenvalue weighted by Crippen LogP contribution is 2.56. The molecule has 0 aromatic heterocycles. The Hall–Kier alpha value is -0.523. The van der Waals surface area contributed by atoms with Crippen LogP contribution in [0.15, 0.2) is 0 Å². The van der Waals surface area contributed by atoms with E-state index in [1.165, 1.54) is 0 Å². The van der Waals surface area contributed by atoms with Gasteiger partial charge in [-0.3, -0.25) is 0 Å². The normalized spacial score (nSPS) is 35.9. The van der Waals surface area contributed by atoms with Crippen LogP contribution in [0.4, 0.5) is 13.2 Å². The van der Waals surface area contributed by atoms with Crippen LogP contribution in [0.5, 0.6) is 0 Å². The van der Waals surface area contributed by atoms with Gasteiger partial charge in [0.05, 0.1) is 8.07 Å². The molecule has 2 saturated carbocycles. The van der Waals surface area contributed by atoms with Gasteiger partial charge in [-0.25, -0.2) is 4.79 Å². The van der Waals surface area contributed by atoms with Crippen LogP contribution in [0.25, 0.3) is 0 Å². The van der Waals surface area contributed by atoms with Crippen molar-refractivity contribution in [2.45, 2.75) is 56.7 Å². The minimum Gasteiger partial charge on any atom is -0.455 e. The summed E-state index contributed by atoms with van der Waals surface area (Å²) in [5.74, 6) is -1.39. The zero-order valence-corrected chi connectivity index (χ0v) is 11.9. The van der Waals surface area contributed by atoms with Crippen molar-refractivity contribution in [2.24, 2.45) is 11.8 Å². The maximum Gasteiger partial charge on any atom is 0.490 e. The molecule has 4 unspecified atom stereocenters. The summed E-state index contributed by atoms with van der Waals surface area (Å²) in [5, 5.41) is 0. The largest absolute Gasteiger partial charge is 0.490 e. The second kappa shape index (κ2) is 4.25. The lowest BCUT2D eigenvalue weighted by Crippen LogP contribution is -2.43. The number of fused-ring (bicyclic) bond motifs is 2. The van der Waals surface area contributed by atoms with Crippen molar-refractivity contribution in [3.8, 4) is 0 Å².